The van der Waals surface area contributed by atoms with Crippen LogP contribution in [0.5, 0.6) is 0 Å². The Bertz CT molecular complexity index is 570. The molecular formula is C11H8BrClN2OS. The van der Waals surface area contributed by atoms with Gasteiger partial charge in [-0.3, -0.25) is 10.1 Å². The van der Waals surface area contributed by atoms with Crippen molar-refractivity contribution in [2.24, 2.45) is 0 Å². The van der Waals surface area contributed by atoms with Crippen LogP contribution in [-0.4, -0.2) is 10.9 Å². The first kappa shape index (κ1) is 12.5. The van der Waals surface area contributed by atoms with Gasteiger partial charge >= 0.3 is 0 Å². The normalized spacial score (nSPS) is 10.3. The molecule has 2 aromatic rings. The largest absolute Gasteiger partial charge is 0.298 e. The number of halogens is 2. The minimum absolute atomic E-state index is 0.249. The zero-order valence-corrected chi connectivity index (χ0v) is 12.0. The number of rotatable bonds is 2. The highest BCUT2D eigenvalue weighted by molar-refractivity contribution is 9.11. The Morgan fingerprint density at radius 1 is 1.53 bits per heavy atom. The number of hydrogen-bond acceptors (Lipinski definition) is 3. The maximum atomic E-state index is 12.0. The van der Waals surface area contributed by atoms with Crippen molar-refractivity contribution in [3.63, 3.8) is 0 Å². The van der Waals surface area contributed by atoms with Crippen LogP contribution in [0.3, 0.4) is 0 Å². The van der Waals surface area contributed by atoms with Gasteiger partial charge in [0.25, 0.3) is 5.91 Å². The standard InChI is InChI=1S/C11H8BrClN2OS/c1-6-3-2-4-7(9(6)13)10(16)15-11-14-5-8(12)17-11/h2-5H,1H3,(H,14,15,16). The lowest BCUT2D eigenvalue weighted by Crippen LogP contribution is -2.12. The van der Waals surface area contributed by atoms with Gasteiger partial charge in [-0.15, -0.1) is 0 Å². The fourth-order valence-electron chi connectivity index (χ4n) is 1.30. The molecule has 0 atom stereocenters. The van der Waals surface area contributed by atoms with Crippen molar-refractivity contribution < 1.29 is 4.79 Å². The highest BCUT2D eigenvalue weighted by Crippen LogP contribution is 2.25. The molecule has 0 radical (unpaired) electrons. The Morgan fingerprint density at radius 2 is 2.29 bits per heavy atom. The van der Waals surface area contributed by atoms with Crippen molar-refractivity contribution in [1.82, 2.24) is 4.98 Å². The molecule has 2 rings (SSSR count). The summed E-state index contributed by atoms with van der Waals surface area (Å²) in [6.07, 6.45) is 1.64. The monoisotopic (exact) mass is 330 g/mol. The van der Waals surface area contributed by atoms with Gasteiger partial charge in [0.1, 0.15) is 0 Å². The number of carbonyl (C=O) groups excluding carboxylic acids is 1. The van der Waals surface area contributed by atoms with E-state index in [1.165, 1.54) is 11.3 Å². The molecular weight excluding hydrogens is 324 g/mol. The fraction of sp³-hybridized carbons (Fsp3) is 0.0909. The summed E-state index contributed by atoms with van der Waals surface area (Å²) in [7, 11) is 0. The van der Waals surface area contributed by atoms with Crippen molar-refractivity contribution in [3.05, 3.63) is 44.3 Å². The van der Waals surface area contributed by atoms with Gasteiger partial charge in [0.15, 0.2) is 5.13 Å². The number of carbonyl (C=O) groups is 1. The van der Waals surface area contributed by atoms with E-state index < -0.39 is 0 Å². The zero-order valence-electron chi connectivity index (χ0n) is 8.83. The van der Waals surface area contributed by atoms with Gasteiger partial charge < -0.3 is 0 Å². The van der Waals surface area contributed by atoms with E-state index in [1.54, 1.807) is 18.3 Å². The summed E-state index contributed by atoms with van der Waals surface area (Å²) in [6.45, 7) is 1.86. The van der Waals surface area contributed by atoms with Crippen molar-refractivity contribution in [1.29, 1.82) is 0 Å². The number of aryl methyl sites for hydroxylation is 1. The van der Waals surface area contributed by atoms with Crippen LogP contribution in [0.1, 0.15) is 15.9 Å². The average Bonchev–Trinajstić information content (AvgIpc) is 2.68. The van der Waals surface area contributed by atoms with E-state index in [0.717, 1.165) is 9.35 Å². The predicted molar refractivity (Wildman–Crippen MR) is 74.0 cm³/mol. The molecule has 0 saturated heterocycles. The van der Waals surface area contributed by atoms with Gasteiger partial charge in [0, 0.05) is 0 Å². The first-order chi connectivity index (χ1) is 8.08. The molecule has 1 aromatic heterocycles. The number of nitrogens with zero attached hydrogens (tertiary/aromatic N) is 1. The van der Waals surface area contributed by atoms with Gasteiger partial charge in [-0.25, -0.2) is 4.98 Å². The summed E-state index contributed by atoms with van der Waals surface area (Å²) in [6, 6.07) is 5.35. The Morgan fingerprint density at radius 3 is 2.94 bits per heavy atom. The fourth-order valence-corrected chi connectivity index (χ4v) is 2.61. The summed E-state index contributed by atoms with van der Waals surface area (Å²) in [5, 5.41) is 3.72. The number of amides is 1. The van der Waals surface area contributed by atoms with Crippen LogP contribution < -0.4 is 5.32 Å². The Kier molecular flexibility index (Phi) is 3.81. The molecule has 1 aromatic carbocycles. The third kappa shape index (κ3) is 2.86. The molecule has 0 fully saturated rings. The molecule has 1 N–H and O–H groups in total. The molecule has 6 heteroatoms. The average molecular weight is 332 g/mol. The van der Waals surface area contributed by atoms with Crippen LogP contribution in [0.15, 0.2) is 28.2 Å². The second-order valence-corrected chi connectivity index (χ2v) is 6.15. The van der Waals surface area contributed by atoms with Crippen molar-refractivity contribution in [2.45, 2.75) is 6.92 Å². The molecule has 1 heterocycles. The zero-order chi connectivity index (χ0) is 12.4. The summed E-state index contributed by atoms with van der Waals surface area (Å²) in [4.78, 5) is 16.0. The van der Waals surface area contributed by atoms with E-state index in [4.69, 9.17) is 11.6 Å². The van der Waals surface area contributed by atoms with Crippen molar-refractivity contribution >= 4 is 49.9 Å². The molecule has 0 aliphatic heterocycles. The summed E-state index contributed by atoms with van der Waals surface area (Å²) in [5.74, 6) is -0.249. The number of benzene rings is 1. The van der Waals surface area contributed by atoms with Gasteiger partial charge in [-0.05, 0) is 34.5 Å². The van der Waals surface area contributed by atoms with Gasteiger partial charge in [-0.1, -0.05) is 35.1 Å². The van der Waals surface area contributed by atoms with Crippen LogP contribution in [0.2, 0.25) is 5.02 Å². The maximum absolute atomic E-state index is 12.0. The molecule has 0 aliphatic rings. The number of nitrogens with one attached hydrogen (secondary N) is 1. The first-order valence-electron chi connectivity index (χ1n) is 4.75. The SMILES string of the molecule is Cc1cccc(C(=O)Nc2ncc(Br)s2)c1Cl. The number of thiazole rings is 1. The first-order valence-corrected chi connectivity index (χ1v) is 6.74. The molecule has 0 unspecified atom stereocenters. The van der Waals surface area contributed by atoms with Gasteiger partial charge in [-0.2, -0.15) is 0 Å². The predicted octanol–water partition coefficient (Wildman–Crippen LogP) is 4.12. The topological polar surface area (TPSA) is 42.0 Å². The molecule has 0 bridgehead atoms. The lowest BCUT2D eigenvalue weighted by Gasteiger charge is -2.05. The number of aromatic nitrogens is 1. The third-order valence-electron chi connectivity index (χ3n) is 2.13. The van der Waals surface area contributed by atoms with Crippen LogP contribution in [0.25, 0.3) is 0 Å². The van der Waals surface area contributed by atoms with E-state index >= 15 is 0 Å². The maximum Gasteiger partial charge on any atom is 0.258 e. The quantitative estimate of drug-likeness (QED) is 0.899. The third-order valence-corrected chi connectivity index (χ3v) is 4.03. The van der Waals surface area contributed by atoms with Crippen molar-refractivity contribution in [3.8, 4) is 0 Å². The van der Waals surface area contributed by atoms with Crippen molar-refractivity contribution in [2.75, 3.05) is 5.32 Å². The lowest BCUT2D eigenvalue weighted by atomic mass is 10.1. The minimum atomic E-state index is -0.249. The van der Waals surface area contributed by atoms with Gasteiger partial charge in [0.05, 0.1) is 20.6 Å². The second kappa shape index (κ2) is 5.16. The molecule has 0 saturated carbocycles. The highest BCUT2D eigenvalue weighted by Gasteiger charge is 2.13. The molecule has 88 valence electrons. The van der Waals surface area contributed by atoms with Crippen LogP contribution >= 0.6 is 38.9 Å². The molecule has 0 aliphatic carbocycles. The lowest BCUT2D eigenvalue weighted by molar-refractivity contribution is 0.102. The van der Waals surface area contributed by atoms with Crippen LogP contribution in [0.4, 0.5) is 5.13 Å². The minimum Gasteiger partial charge on any atom is -0.298 e. The summed E-state index contributed by atoms with van der Waals surface area (Å²) < 4.78 is 0.864. The Balaban J connectivity index is 2.23. The van der Waals surface area contributed by atoms with Crippen LogP contribution in [0, 0.1) is 6.92 Å². The van der Waals surface area contributed by atoms with E-state index in [1.807, 2.05) is 13.0 Å². The Hall–Kier alpha value is -0.910. The summed E-state index contributed by atoms with van der Waals surface area (Å²) in [5.41, 5.74) is 1.33. The number of anilines is 1. The number of hydrogen-bond donors (Lipinski definition) is 1. The molecule has 17 heavy (non-hydrogen) atoms. The van der Waals surface area contributed by atoms with E-state index in [-0.39, 0.29) is 5.91 Å². The van der Waals surface area contributed by atoms with Gasteiger partial charge in [0.2, 0.25) is 0 Å². The highest BCUT2D eigenvalue weighted by atomic mass is 79.9. The Labute approximate surface area is 116 Å². The summed E-state index contributed by atoms with van der Waals surface area (Å²) >= 11 is 10.7. The molecule has 0 spiro atoms. The van der Waals surface area contributed by atoms with E-state index in [0.29, 0.717) is 15.7 Å². The second-order valence-electron chi connectivity index (χ2n) is 3.36. The molecule has 1 amide bonds. The molecule has 3 nitrogen and oxygen atoms in total. The smallest absolute Gasteiger partial charge is 0.258 e. The van der Waals surface area contributed by atoms with Crippen LogP contribution in [-0.2, 0) is 0 Å². The van der Waals surface area contributed by atoms with E-state index in [2.05, 4.69) is 26.2 Å². The van der Waals surface area contributed by atoms with E-state index in [9.17, 15) is 4.79 Å².